The predicted molar refractivity (Wildman–Crippen MR) is 96.9 cm³/mol. The molecule has 0 aliphatic carbocycles. The summed E-state index contributed by atoms with van der Waals surface area (Å²) in [5, 5.41) is 0.784. The summed E-state index contributed by atoms with van der Waals surface area (Å²) in [5.74, 6) is 2.44. The molecular formula is C18H26N4O2. The molecule has 0 bridgehead atoms. The Bertz CT molecular complexity index is 745. The summed E-state index contributed by atoms with van der Waals surface area (Å²) < 4.78 is 10.7. The third-order valence-corrected chi connectivity index (χ3v) is 4.84. The van der Waals surface area contributed by atoms with Gasteiger partial charge < -0.3 is 20.1 Å². The summed E-state index contributed by atoms with van der Waals surface area (Å²) >= 11 is 0. The summed E-state index contributed by atoms with van der Waals surface area (Å²) in [4.78, 5) is 11.5. The zero-order valence-electron chi connectivity index (χ0n) is 14.9. The van der Waals surface area contributed by atoms with E-state index < -0.39 is 0 Å². The first-order valence-corrected chi connectivity index (χ1v) is 8.38. The monoisotopic (exact) mass is 330 g/mol. The van der Waals surface area contributed by atoms with Crippen molar-refractivity contribution in [2.45, 2.75) is 33.1 Å². The number of benzene rings is 1. The van der Waals surface area contributed by atoms with Crippen LogP contribution in [0.25, 0.3) is 10.9 Å². The van der Waals surface area contributed by atoms with Gasteiger partial charge in [0.15, 0.2) is 11.5 Å². The number of nitrogen functional groups attached to an aromatic ring is 1. The molecule has 0 amide bonds. The highest BCUT2D eigenvalue weighted by atomic mass is 16.5. The second-order valence-electron chi connectivity index (χ2n) is 7.14. The minimum Gasteiger partial charge on any atom is -0.493 e. The maximum absolute atomic E-state index is 6.20. The number of hydrogen-bond acceptors (Lipinski definition) is 6. The number of methoxy groups -OCH3 is 2. The number of ether oxygens (including phenoxy) is 2. The number of nitrogens with two attached hydrogens (primary N) is 1. The number of aromatic nitrogens is 2. The van der Waals surface area contributed by atoms with Crippen LogP contribution < -0.4 is 20.1 Å². The molecule has 1 aliphatic heterocycles. The summed E-state index contributed by atoms with van der Waals surface area (Å²) in [6, 6.07) is 3.69. The molecule has 1 aromatic carbocycles. The fourth-order valence-electron chi connectivity index (χ4n) is 3.23. The minimum absolute atomic E-state index is 0.369. The van der Waals surface area contributed by atoms with E-state index in [1.807, 2.05) is 12.1 Å². The Morgan fingerprint density at radius 2 is 1.75 bits per heavy atom. The van der Waals surface area contributed by atoms with E-state index in [4.69, 9.17) is 20.2 Å². The van der Waals surface area contributed by atoms with Gasteiger partial charge in [0, 0.05) is 24.5 Å². The van der Waals surface area contributed by atoms with Crippen molar-refractivity contribution in [3.05, 3.63) is 12.1 Å². The summed E-state index contributed by atoms with van der Waals surface area (Å²) in [7, 11) is 3.22. The van der Waals surface area contributed by atoms with Crippen molar-refractivity contribution in [1.29, 1.82) is 0 Å². The van der Waals surface area contributed by atoms with Gasteiger partial charge >= 0.3 is 0 Å². The molecule has 3 rings (SSSR count). The number of nitrogens with zero attached hydrogens (tertiary/aromatic N) is 3. The van der Waals surface area contributed by atoms with E-state index in [-0.39, 0.29) is 0 Å². The maximum Gasteiger partial charge on any atom is 0.227 e. The molecular weight excluding hydrogens is 304 g/mol. The highest BCUT2D eigenvalue weighted by Gasteiger charge is 2.24. The number of anilines is 2. The van der Waals surface area contributed by atoms with Gasteiger partial charge in [-0.1, -0.05) is 13.8 Å². The van der Waals surface area contributed by atoms with Crippen LogP contribution in [0.2, 0.25) is 0 Å². The lowest BCUT2D eigenvalue weighted by Gasteiger charge is -2.23. The molecule has 0 spiro atoms. The molecule has 2 heterocycles. The molecule has 0 unspecified atom stereocenters. The molecule has 0 atom stereocenters. The van der Waals surface area contributed by atoms with Crippen LogP contribution in [0.15, 0.2) is 12.1 Å². The average Bonchev–Trinajstić information content (AvgIpc) is 2.74. The Morgan fingerprint density at radius 3 is 2.46 bits per heavy atom. The van der Waals surface area contributed by atoms with Gasteiger partial charge in [0.1, 0.15) is 5.82 Å². The van der Waals surface area contributed by atoms with E-state index >= 15 is 0 Å². The van der Waals surface area contributed by atoms with Crippen LogP contribution in [-0.4, -0.2) is 37.3 Å². The van der Waals surface area contributed by atoms with Crippen molar-refractivity contribution in [2.24, 2.45) is 5.41 Å². The molecule has 1 saturated heterocycles. The van der Waals surface area contributed by atoms with Crippen LogP contribution in [0.3, 0.4) is 0 Å². The first-order chi connectivity index (χ1) is 11.4. The lowest BCUT2D eigenvalue weighted by Crippen LogP contribution is -2.27. The van der Waals surface area contributed by atoms with Crippen molar-refractivity contribution >= 4 is 22.7 Å². The van der Waals surface area contributed by atoms with E-state index in [1.165, 1.54) is 6.42 Å². The Hall–Kier alpha value is -2.24. The zero-order chi connectivity index (χ0) is 17.3. The van der Waals surface area contributed by atoms with Gasteiger partial charge in [-0.25, -0.2) is 4.98 Å². The maximum atomic E-state index is 6.20. The number of fused-ring (bicyclic) bond motifs is 1. The quantitative estimate of drug-likeness (QED) is 0.931. The Morgan fingerprint density at radius 1 is 1.04 bits per heavy atom. The van der Waals surface area contributed by atoms with Crippen LogP contribution in [0.1, 0.15) is 33.1 Å². The SMILES string of the molecule is COc1cc2nc(N3CCCC(C)(C)CC3)nc(N)c2cc1OC. The molecule has 2 aromatic rings. The van der Waals surface area contributed by atoms with Crippen molar-refractivity contribution in [3.63, 3.8) is 0 Å². The van der Waals surface area contributed by atoms with Crippen LogP contribution in [0.5, 0.6) is 11.5 Å². The topological polar surface area (TPSA) is 73.5 Å². The van der Waals surface area contributed by atoms with Crippen molar-refractivity contribution in [3.8, 4) is 11.5 Å². The molecule has 2 N–H and O–H groups in total. The summed E-state index contributed by atoms with van der Waals surface area (Å²) in [6.45, 7) is 6.55. The fraction of sp³-hybridized carbons (Fsp3) is 0.556. The molecule has 6 heteroatoms. The highest BCUT2D eigenvalue weighted by molar-refractivity contribution is 5.91. The lowest BCUT2D eigenvalue weighted by molar-refractivity contribution is 0.325. The van der Waals surface area contributed by atoms with Gasteiger partial charge in [-0.15, -0.1) is 0 Å². The first kappa shape index (κ1) is 16.6. The predicted octanol–water partition coefficient (Wildman–Crippen LogP) is 3.25. The van der Waals surface area contributed by atoms with E-state index in [1.54, 1.807) is 14.2 Å². The van der Waals surface area contributed by atoms with Gasteiger partial charge in [-0.2, -0.15) is 4.98 Å². The fourth-order valence-corrected chi connectivity index (χ4v) is 3.23. The molecule has 0 saturated carbocycles. The second-order valence-corrected chi connectivity index (χ2v) is 7.14. The molecule has 1 fully saturated rings. The Labute approximate surface area is 143 Å². The molecule has 1 aromatic heterocycles. The van der Waals surface area contributed by atoms with Gasteiger partial charge in [-0.05, 0) is 30.7 Å². The largest absolute Gasteiger partial charge is 0.493 e. The smallest absolute Gasteiger partial charge is 0.227 e. The van der Waals surface area contributed by atoms with Crippen LogP contribution >= 0.6 is 0 Å². The molecule has 1 aliphatic rings. The van der Waals surface area contributed by atoms with Gasteiger partial charge in [0.25, 0.3) is 0 Å². The first-order valence-electron chi connectivity index (χ1n) is 8.38. The Balaban J connectivity index is 2.00. The lowest BCUT2D eigenvalue weighted by atomic mass is 9.85. The highest BCUT2D eigenvalue weighted by Crippen LogP contribution is 2.35. The van der Waals surface area contributed by atoms with Crippen molar-refractivity contribution in [2.75, 3.05) is 37.9 Å². The average molecular weight is 330 g/mol. The van der Waals surface area contributed by atoms with E-state index in [9.17, 15) is 0 Å². The third kappa shape index (κ3) is 3.18. The third-order valence-electron chi connectivity index (χ3n) is 4.84. The van der Waals surface area contributed by atoms with E-state index in [0.717, 1.165) is 36.8 Å². The molecule has 24 heavy (non-hydrogen) atoms. The molecule has 0 radical (unpaired) electrons. The Kier molecular flexibility index (Phi) is 4.39. The van der Waals surface area contributed by atoms with Gasteiger partial charge in [0.2, 0.25) is 5.95 Å². The molecule has 6 nitrogen and oxygen atoms in total. The summed E-state index contributed by atoms with van der Waals surface area (Å²) in [5.41, 5.74) is 7.34. The van der Waals surface area contributed by atoms with Gasteiger partial charge in [0.05, 0.1) is 19.7 Å². The minimum atomic E-state index is 0.369. The molecule has 130 valence electrons. The van der Waals surface area contributed by atoms with Crippen molar-refractivity contribution < 1.29 is 9.47 Å². The number of hydrogen-bond donors (Lipinski definition) is 1. The number of rotatable bonds is 3. The summed E-state index contributed by atoms with van der Waals surface area (Å²) in [6.07, 6.45) is 3.48. The van der Waals surface area contributed by atoms with Crippen LogP contribution in [0, 0.1) is 5.41 Å². The zero-order valence-corrected chi connectivity index (χ0v) is 14.9. The van der Waals surface area contributed by atoms with Crippen LogP contribution in [-0.2, 0) is 0 Å². The standard InChI is InChI=1S/C18H26N4O2/c1-18(2)6-5-8-22(9-7-18)17-20-13-11-15(24-4)14(23-3)10-12(13)16(19)21-17/h10-11H,5-9H2,1-4H3,(H2,19,20,21). The van der Waals surface area contributed by atoms with E-state index in [0.29, 0.717) is 28.7 Å². The van der Waals surface area contributed by atoms with Crippen LogP contribution in [0.4, 0.5) is 11.8 Å². The normalized spacial score (nSPS) is 17.6. The second kappa shape index (κ2) is 6.34. The van der Waals surface area contributed by atoms with Gasteiger partial charge in [-0.3, -0.25) is 0 Å². The van der Waals surface area contributed by atoms with E-state index in [2.05, 4.69) is 23.7 Å². The van der Waals surface area contributed by atoms with Crippen molar-refractivity contribution in [1.82, 2.24) is 9.97 Å².